The fourth-order valence-corrected chi connectivity index (χ4v) is 4.07. The minimum absolute atomic E-state index is 0.0550. The third-order valence-corrected chi connectivity index (χ3v) is 5.78. The molecular formula is C24H11ClN3O7-. The fourth-order valence-electron chi connectivity index (χ4n) is 3.90. The van der Waals surface area contributed by atoms with Crippen molar-refractivity contribution in [2.45, 2.75) is 0 Å². The molecule has 0 fully saturated rings. The average Bonchev–Trinajstić information content (AvgIpc) is 3.22. The highest BCUT2D eigenvalue weighted by Crippen LogP contribution is 2.31. The van der Waals surface area contributed by atoms with E-state index >= 15 is 0 Å². The van der Waals surface area contributed by atoms with E-state index in [-0.39, 0.29) is 44.1 Å². The van der Waals surface area contributed by atoms with Crippen molar-refractivity contribution in [2.24, 2.45) is 0 Å². The minimum Gasteiger partial charge on any atom is -0.545 e. The van der Waals surface area contributed by atoms with Crippen LogP contribution < -0.4 is 10.4 Å². The Bertz CT molecular complexity index is 1500. The van der Waals surface area contributed by atoms with Crippen molar-refractivity contribution in [2.75, 3.05) is 5.32 Å². The van der Waals surface area contributed by atoms with E-state index in [0.29, 0.717) is 10.0 Å². The van der Waals surface area contributed by atoms with E-state index in [9.17, 15) is 33.9 Å². The van der Waals surface area contributed by atoms with E-state index in [1.54, 1.807) is 12.1 Å². The molecule has 0 atom stereocenters. The molecule has 3 aromatic carbocycles. The number of nitrogens with one attached hydrogen (secondary N) is 1. The fraction of sp³-hybridized carbons (Fsp3) is 0. The predicted molar refractivity (Wildman–Crippen MR) is 118 cm³/mol. The van der Waals surface area contributed by atoms with Gasteiger partial charge in [-0.05, 0) is 48.5 Å². The number of hydrogen-bond acceptors (Lipinski definition) is 7. The van der Waals surface area contributed by atoms with Crippen LogP contribution in [0.2, 0.25) is 5.02 Å². The molecular weight excluding hydrogens is 478 g/mol. The Hall–Kier alpha value is -4.83. The summed E-state index contributed by atoms with van der Waals surface area (Å²) >= 11 is 5.89. The van der Waals surface area contributed by atoms with Gasteiger partial charge >= 0.3 is 0 Å². The number of rotatable bonds is 4. The summed E-state index contributed by atoms with van der Waals surface area (Å²) in [5.41, 5.74) is -0.728. The molecule has 11 heteroatoms. The zero-order valence-corrected chi connectivity index (χ0v) is 18.2. The van der Waals surface area contributed by atoms with Crippen molar-refractivity contribution in [1.29, 1.82) is 0 Å². The highest BCUT2D eigenvalue weighted by atomic mass is 35.5. The number of anilines is 1. The second kappa shape index (κ2) is 7.89. The van der Waals surface area contributed by atoms with Gasteiger partial charge in [0.1, 0.15) is 0 Å². The van der Waals surface area contributed by atoms with Crippen LogP contribution in [0.3, 0.4) is 0 Å². The molecule has 172 valence electrons. The van der Waals surface area contributed by atoms with E-state index in [1.807, 2.05) is 0 Å². The zero-order chi connectivity index (χ0) is 25.0. The Morgan fingerprint density at radius 1 is 0.714 bits per heavy atom. The number of imide groups is 2. The Morgan fingerprint density at radius 3 is 1.83 bits per heavy atom. The molecule has 0 bridgehead atoms. The SMILES string of the molecule is O=C(Nc1cc(Cl)ccc1C(=O)[O-])c1ccc2c(c1)C(=O)N(N1C(=O)c3ccccc3C1=O)C2=O. The molecule has 2 aliphatic heterocycles. The summed E-state index contributed by atoms with van der Waals surface area (Å²) in [6, 6.07) is 13.2. The molecule has 0 spiro atoms. The number of halogens is 1. The summed E-state index contributed by atoms with van der Waals surface area (Å²) in [6.45, 7) is 0. The molecule has 0 saturated heterocycles. The second-order valence-electron chi connectivity index (χ2n) is 7.58. The van der Waals surface area contributed by atoms with E-state index in [1.165, 1.54) is 36.4 Å². The number of fused-ring (bicyclic) bond motifs is 2. The number of hydrazine groups is 1. The molecule has 2 heterocycles. The monoisotopic (exact) mass is 488 g/mol. The van der Waals surface area contributed by atoms with Crippen LogP contribution in [0.25, 0.3) is 0 Å². The van der Waals surface area contributed by atoms with Crippen LogP contribution in [0.1, 0.15) is 62.1 Å². The van der Waals surface area contributed by atoms with Gasteiger partial charge in [-0.1, -0.05) is 23.7 Å². The Labute approximate surface area is 201 Å². The molecule has 0 unspecified atom stereocenters. The van der Waals surface area contributed by atoms with Gasteiger partial charge in [0.15, 0.2) is 0 Å². The number of nitrogens with zero attached hydrogens (tertiary/aromatic N) is 2. The number of aromatic carboxylic acids is 1. The largest absolute Gasteiger partial charge is 0.545 e. The normalized spacial score (nSPS) is 14.3. The van der Waals surface area contributed by atoms with Gasteiger partial charge < -0.3 is 15.2 Å². The van der Waals surface area contributed by atoms with E-state index < -0.39 is 35.5 Å². The minimum atomic E-state index is -1.54. The number of hydrogen-bond donors (Lipinski definition) is 1. The van der Waals surface area contributed by atoms with Gasteiger partial charge in [-0.25, -0.2) is 0 Å². The first kappa shape index (κ1) is 22.0. The molecule has 10 nitrogen and oxygen atoms in total. The van der Waals surface area contributed by atoms with Crippen LogP contribution >= 0.6 is 11.6 Å². The maximum Gasteiger partial charge on any atom is 0.281 e. The van der Waals surface area contributed by atoms with Crippen molar-refractivity contribution in [3.05, 3.63) is 99.1 Å². The molecule has 0 aromatic heterocycles. The molecule has 35 heavy (non-hydrogen) atoms. The predicted octanol–water partition coefficient (Wildman–Crippen LogP) is 1.76. The summed E-state index contributed by atoms with van der Waals surface area (Å²) < 4.78 is 0. The third-order valence-electron chi connectivity index (χ3n) is 5.55. The number of carbonyl (C=O) groups excluding carboxylic acids is 6. The van der Waals surface area contributed by atoms with Crippen LogP contribution in [0.4, 0.5) is 5.69 Å². The third kappa shape index (κ3) is 3.35. The maximum absolute atomic E-state index is 13.1. The highest BCUT2D eigenvalue weighted by molar-refractivity contribution is 6.31. The van der Waals surface area contributed by atoms with Crippen molar-refractivity contribution < 1.29 is 33.9 Å². The lowest BCUT2D eigenvalue weighted by Crippen LogP contribution is -2.49. The first-order chi connectivity index (χ1) is 16.7. The van der Waals surface area contributed by atoms with Crippen molar-refractivity contribution in [3.8, 4) is 0 Å². The summed E-state index contributed by atoms with van der Waals surface area (Å²) in [5, 5.41) is 14.8. The first-order valence-electron chi connectivity index (χ1n) is 10.0. The van der Waals surface area contributed by atoms with Gasteiger partial charge in [0, 0.05) is 16.1 Å². The van der Waals surface area contributed by atoms with Gasteiger partial charge in [-0.15, -0.1) is 0 Å². The maximum atomic E-state index is 13.1. The van der Waals surface area contributed by atoms with Crippen molar-refractivity contribution in [1.82, 2.24) is 10.0 Å². The standard InChI is InChI=1S/C24H12ClN3O7/c25-12-6-8-16(24(34)35)18(10-12)26-19(29)11-5-7-15-17(9-11)23(33)28(22(15)32)27-20(30)13-3-1-2-4-14(13)21(27)31/h1-10H,(H,26,29)(H,34,35)/p-1. The number of benzene rings is 3. The van der Waals surface area contributed by atoms with Crippen molar-refractivity contribution >= 4 is 52.8 Å². The Morgan fingerprint density at radius 2 is 1.26 bits per heavy atom. The van der Waals surface area contributed by atoms with E-state index in [4.69, 9.17) is 11.6 Å². The molecule has 5 amide bonds. The summed E-state index contributed by atoms with van der Waals surface area (Å²) in [4.78, 5) is 75.6. The van der Waals surface area contributed by atoms with Gasteiger partial charge in [-0.2, -0.15) is 10.0 Å². The summed E-state index contributed by atoms with van der Waals surface area (Å²) in [5.74, 6) is -5.85. The Kier molecular flexibility index (Phi) is 4.96. The second-order valence-corrected chi connectivity index (χ2v) is 8.02. The first-order valence-corrected chi connectivity index (χ1v) is 10.4. The Balaban J connectivity index is 1.46. The van der Waals surface area contributed by atoms with Gasteiger partial charge in [0.25, 0.3) is 29.5 Å². The highest BCUT2D eigenvalue weighted by Gasteiger charge is 2.48. The smallest absolute Gasteiger partial charge is 0.281 e. The van der Waals surface area contributed by atoms with Crippen LogP contribution in [-0.4, -0.2) is 45.5 Å². The number of carboxylic acids is 1. The lowest BCUT2D eigenvalue weighted by Gasteiger charge is -2.23. The quantitative estimate of drug-likeness (QED) is 0.551. The molecule has 3 aromatic rings. The van der Waals surface area contributed by atoms with Gasteiger partial charge in [0.2, 0.25) is 0 Å². The molecule has 0 saturated carbocycles. The summed E-state index contributed by atoms with van der Waals surface area (Å²) in [6.07, 6.45) is 0. The van der Waals surface area contributed by atoms with Gasteiger partial charge in [0.05, 0.1) is 33.9 Å². The molecule has 0 radical (unpaired) electrons. The lowest BCUT2D eigenvalue weighted by molar-refractivity contribution is -0.254. The lowest BCUT2D eigenvalue weighted by atomic mass is 10.0. The van der Waals surface area contributed by atoms with Crippen molar-refractivity contribution in [3.63, 3.8) is 0 Å². The van der Waals surface area contributed by atoms with Gasteiger partial charge in [-0.3, -0.25) is 24.0 Å². The summed E-state index contributed by atoms with van der Waals surface area (Å²) in [7, 11) is 0. The zero-order valence-electron chi connectivity index (χ0n) is 17.4. The van der Waals surface area contributed by atoms with Crippen LogP contribution in [0.15, 0.2) is 60.7 Å². The van der Waals surface area contributed by atoms with E-state index in [2.05, 4.69) is 5.32 Å². The molecule has 1 N–H and O–H groups in total. The number of carbonyl (C=O) groups is 6. The van der Waals surface area contributed by atoms with Crippen LogP contribution in [0.5, 0.6) is 0 Å². The van der Waals surface area contributed by atoms with Crippen LogP contribution in [0, 0.1) is 0 Å². The topological polar surface area (TPSA) is 144 Å². The number of carboxylic acid groups (broad SMARTS) is 1. The van der Waals surface area contributed by atoms with Crippen LogP contribution in [-0.2, 0) is 0 Å². The molecule has 2 aliphatic rings. The molecule has 0 aliphatic carbocycles. The average molecular weight is 489 g/mol. The van der Waals surface area contributed by atoms with E-state index in [0.717, 1.165) is 12.1 Å². The number of amides is 5. The molecule has 5 rings (SSSR count).